The number of hydrogen-bond acceptors (Lipinski definition) is 7. The van der Waals surface area contributed by atoms with Gasteiger partial charge in [-0.15, -0.1) is 11.8 Å². The molecule has 0 radical (unpaired) electrons. The first-order valence-electron chi connectivity index (χ1n) is 13.3. The predicted octanol–water partition coefficient (Wildman–Crippen LogP) is 1.76. The summed E-state index contributed by atoms with van der Waals surface area (Å²) >= 11 is 1.30. The third kappa shape index (κ3) is 4.33. The van der Waals surface area contributed by atoms with Gasteiger partial charge in [-0.05, 0) is 49.9 Å². The number of pyridine rings is 1. The average molecular weight is 577 g/mol. The van der Waals surface area contributed by atoms with E-state index in [4.69, 9.17) is 0 Å². The lowest BCUT2D eigenvalue weighted by Crippen LogP contribution is -2.71. The van der Waals surface area contributed by atoms with E-state index in [-0.39, 0.29) is 16.7 Å². The highest BCUT2D eigenvalue weighted by Crippen LogP contribution is 2.50. The number of carboxylic acids is 1. The molecular formula is C29H28N4O7S. The minimum absolute atomic E-state index is 0.0607. The summed E-state index contributed by atoms with van der Waals surface area (Å²) in [6, 6.07) is 8.19. The Morgan fingerprint density at radius 2 is 1.85 bits per heavy atom. The van der Waals surface area contributed by atoms with Gasteiger partial charge in [0.15, 0.2) is 0 Å². The second-order valence-electron chi connectivity index (χ2n) is 11.1. The van der Waals surface area contributed by atoms with Crippen LogP contribution in [0.3, 0.4) is 0 Å². The first-order chi connectivity index (χ1) is 19.5. The number of benzene rings is 2. The molecule has 3 aliphatic heterocycles. The third-order valence-corrected chi connectivity index (χ3v) is 9.54. The Hall–Kier alpha value is -4.32. The lowest BCUT2D eigenvalue weighted by atomic mass is 9.95. The minimum Gasteiger partial charge on any atom is -0.508 e. The summed E-state index contributed by atoms with van der Waals surface area (Å²) in [5, 5.41) is 24.9. The van der Waals surface area contributed by atoms with Gasteiger partial charge in [0.1, 0.15) is 34.8 Å². The van der Waals surface area contributed by atoms with Crippen molar-refractivity contribution in [1.82, 2.24) is 20.1 Å². The number of aliphatic carboxylic acids is 1. The number of fused-ring (bicyclic) bond motifs is 1. The number of phenolic OH excluding ortho intramolecular Hbond substituents is 1. The molecule has 0 bridgehead atoms. The molecule has 0 saturated carbocycles. The maximum atomic E-state index is 13.6. The van der Waals surface area contributed by atoms with Gasteiger partial charge in [0.05, 0.1) is 10.9 Å². The van der Waals surface area contributed by atoms with Gasteiger partial charge in [-0.1, -0.05) is 30.3 Å². The molecule has 11 nitrogen and oxygen atoms in total. The average Bonchev–Trinajstić information content (AvgIpc) is 3.19. The van der Waals surface area contributed by atoms with Crippen LogP contribution in [0.5, 0.6) is 5.75 Å². The number of carboxylic acid groups (broad SMARTS) is 1. The van der Waals surface area contributed by atoms with E-state index >= 15 is 0 Å². The number of thioether (sulfide) groups is 1. The molecule has 4 heterocycles. The van der Waals surface area contributed by atoms with E-state index in [0.717, 1.165) is 12.0 Å². The highest BCUT2D eigenvalue weighted by Gasteiger charge is 2.64. The van der Waals surface area contributed by atoms with Gasteiger partial charge in [-0.2, -0.15) is 0 Å². The fourth-order valence-electron chi connectivity index (χ4n) is 6.12. The van der Waals surface area contributed by atoms with Crippen molar-refractivity contribution in [3.05, 3.63) is 75.6 Å². The quantitative estimate of drug-likeness (QED) is 0.323. The van der Waals surface area contributed by atoms with Gasteiger partial charge >= 0.3 is 5.97 Å². The van der Waals surface area contributed by atoms with Crippen LogP contribution in [0.4, 0.5) is 0 Å². The molecule has 6 rings (SSSR count). The molecule has 212 valence electrons. The van der Waals surface area contributed by atoms with Crippen molar-refractivity contribution in [2.24, 2.45) is 0 Å². The fraction of sp³-hybridized carbons (Fsp3) is 0.345. The molecule has 2 fully saturated rings. The maximum Gasteiger partial charge on any atom is 0.327 e. The van der Waals surface area contributed by atoms with Gasteiger partial charge in [-0.25, -0.2) is 4.79 Å². The Bertz CT molecular complexity index is 1690. The van der Waals surface area contributed by atoms with E-state index in [9.17, 15) is 34.2 Å². The first-order valence-corrected chi connectivity index (χ1v) is 14.1. The van der Waals surface area contributed by atoms with E-state index in [1.54, 1.807) is 50.2 Å². The summed E-state index contributed by atoms with van der Waals surface area (Å²) in [5.41, 5.74) is 1.21. The van der Waals surface area contributed by atoms with Crippen LogP contribution in [0.2, 0.25) is 0 Å². The van der Waals surface area contributed by atoms with Crippen LogP contribution < -0.4 is 16.1 Å². The summed E-state index contributed by atoms with van der Waals surface area (Å²) in [6.45, 7) is 4.07. The minimum atomic E-state index is -1.24. The van der Waals surface area contributed by atoms with Crippen molar-refractivity contribution in [1.29, 1.82) is 0 Å². The smallest absolute Gasteiger partial charge is 0.327 e. The van der Waals surface area contributed by atoms with Gasteiger partial charge < -0.3 is 30.3 Å². The largest absolute Gasteiger partial charge is 0.508 e. The number of amides is 3. The molecule has 3 amide bonds. The van der Waals surface area contributed by atoms with Crippen LogP contribution in [-0.4, -0.2) is 65.6 Å². The van der Waals surface area contributed by atoms with Crippen LogP contribution in [0.1, 0.15) is 47.8 Å². The topological polar surface area (TPSA) is 158 Å². The van der Waals surface area contributed by atoms with E-state index < -0.39 is 57.4 Å². The lowest BCUT2D eigenvalue weighted by Gasteiger charge is -2.44. The number of nitrogens with one attached hydrogen (secondary N) is 2. The molecule has 4 unspecified atom stereocenters. The van der Waals surface area contributed by atoms with E-state index in [1.165, 1.54) is 28.9 Å². The van der Waals surface area contributed by atoms with Crippen molar-refractivity contribution in [3.63, 3.8) is 0 Å². The molecule has 1 aromatic heterocycles. The predicted molar refractivity (Wildman–Crippen MR) is 151 cm³/mol. The molecule has 3 aliphatic rings. The number of rotatable bonds is 6. The number of phenols is 1. The van der Waals surface area contributed by atoms with E-state index in [0.29, 0.717) is 24.0 Å². The molecule has 4 atom stereocenters. The van der Waals surface area contributed by atoms with Crippen LogP contribution in [0, 0.1) is 0 Å². The Morgan fingerprint density at radius 1 is 1.12 bits per heavy atom. The molecule has 2 saturated heterocycles. The van der Waals surface area contributed by atoms with Crippen molar-refractivity contribution in [2.75, 3.05) is 0 Å². The Balaban J connectivity index is 1.30. The molecule has 41 heavy (non-hydrogen) atoms. The summed E-state index contributed by atoms with van der Waals surface area (Å²) in [4.78, 5) is 66.7. The van der Waals surface area contributed by atoms with Crippen LogP contribution in [-0.2, 0) is 27.3 Å². The SMILES string of the molecule is CC1(C)SC2C(NC(=O)C(NC(=O)c3cn4c5c(cc(O)cc5c3=O)CCC4)c3ccccc3)C(=O)N2C1C(=O)O. The first kappa shape index (κ1) is 26.9. The standard InChI is InChI=1S/C29H28N4O7S/c1-29(2)23(28(39)40)33-26(38)20(27(33)41-29)31-25(37)19(14-7-4-3-5-8-14)30-24(36)18-13-32-10-6-9-15-11-16(34)12-17(21(15)32)22(18)35/h3-5,7-8,11-13,19-20,23,27,34H,6,9-10H2,1-2H3,(H,30,36)(H,31,37)(H,39,40). The number of nitrogens with zero attached hydrogens (tertiary/aromatic N) is 2. The number of hydrogen-bond donors (Lipinski definition) is 4. The Labute approximate surface area is 238 Å². The zero-order chi connectivity index (χ0) is 29.2. The summed E-state index contributed by atoms with van der Waals surface area (Å²) in [7, 11) is 0. The molecule has 12 heteroatoms. The Morgan fingerprint density at radius 3 is 2.56 bits per heavy atom. The number of carbonyl (C=O) groups excluding carboxylic acids is 3. The normalized spacial score (nSPS) is 22.9. The summed E-state index contributed by atoms with van der Waals surface area (Å²) in [5.74, 6) is -3.12. The molecular weight excluding hydrogens is 548 g/mol. The second-order valence-corrected chi connectivity index (χ2v) is 12.8. The molecule has 2 aromatic carbocycles. The van der Waals surface area contributed by atoms with Crippen LogP contribution in [0.15, 0.2) is 53.5 Å². The second kappa shape index (κ2) is 9.65. The van der Waals surface area contributed by atoms with Crippen LogP contribution in [0.25, 0.3) is 10.9 Å². The van der Waals surface area contributed by atoms with Crippen molar-refractivity contribution in [3.8, 4) is 5.75 Å². The fourth-order valence-corrected chi connectivity index (χ4v) is 7.74. The van der Waals surface area contributed by atoms with E-state index in [2.05, 4.69) is 10.6 Å². The number of carbonyl (C=O) groups is 4. The van der Waals surface area contributed by atoms with E-state index in [1.807, 2.05) is 4.57 Å². The number of aryl methyl sites for hydroxylation is 2. The van der Waals surface area contributed by atoms with Gasteiger partial charge in [0, 0.05) is 17.5 Å². The number of β-lactam (4-membered cyclic amide) rings is 1. The van der Waals surface area contributed by atoms with Crippen LogP contribution >= 0.6 is 11.8 Å². The van der Waals surface area contributed by atoms with Crippen molar-refractivity contribution in [2.45, 2.75) is 61.5 Å². The number of aromatic nitrogens is 1. The molecule has 3 aromatic rings. The van der Waals surface area contributed by atoms with Crippen molar-refractivity contribution >= 4 is 46.4 Å². The Kier molecular flexibility index (Phi) is 6.33. The molecule has 0 aliphatic carbocycles. The zero-order valence-electron chi connectivity index (χ0n) is 22.3. The zero-order valence-corrected chi connectivity index (χ0v) is 23.1. The monoisotopic (exact) mass is 576 g/mol. The highest BCUT2D eigenvalue weighted by atomic mass is 32.2. The van der Waals surface area contributed by atoms with Gasteiger partial charge in [-0.3, -0.25) is 19.2 Å². The number of aromatic hydroxyl groups is 1. The third-order valence-electron chi connectivity index (χ3n) is 7.97. The maximum absolute atomic E-state index is 13.6. The van der Waals surface area contributed by atoms with Gasteiger partial charge in [0.25, 0.3) is 5.91 Å². The summed E-state index contributed by atoms with van der Waals surface area (Å²) < 4.78 is 1.06. The highest BCUT2D eigenvalue weighted by molar-refractivity contribution is 8.01. The summed E-state index contributed by atoms with van der Waals surface area (Å²) in [6.07, 6.45) is 2.96. The van der Waals surface area contributed by atoms with Gasteiger partial charge in [0.2, 0.25) is 17.2 Å². The van der Waals surface area contributed by atoms with Crippen molar-refractivity contribution < 1.29 is 29.4 Å². The molecule has 4 N–H and O–H groups in total. The lowest BCUT2D eigenvalue weighted by molar-refractivity contribution is -0.161. The molecule has 0 spiro atoms.